The number of hydrogen-bond donors (Lipinski definition) is 2. The largest absolute Gasteiger partial charge is 0.493 e. The van der Waals surface area contributed by atoms with Gasteiger partial charge >= 0.3 is 0 Å². The lowest BCUT2D eigenvalue weighted by Gasteiger charge is -2.14. The Balaban J connectivity index is 0.000000302. The van der Waals surface area contributed by atoms with Crippen LogP contribution in [0.25, 0.3) is 16.7 Å². The first kappa shape index (κ1) is 24.3. The number of ether oxygens (including phenoxy) is 3. The number of amides is 2. The maximum absolute atomic E-state index is 12.1. The fraction of sp³-hybridized carbons (Fsp3) is 0.192. The molecule has 2 heterocycles. The van der Waals surface area contributed by atoms with E-state index < -0.39 is 0 Å². The number of primary amides is 1. The Labute approximate surface area is 198 Å². The molecule has 1 aliphatic rings. The van der Waals surface area contributed by atoms with Crippen LogP contribution in [0.5, 0.6) is 17.2 Å². The van der Waals surface area contributed by atoms with Crippen LogP contribution in [0.3, 0.4) is 0 Å². The van der Waals surface area contributed by atoms with E-state index in [0.717, 1.165) is 23.1 Å². The molecule has 2 aromatic carbocycles. The van der Waals surface area contributed by atoms with Crippen LogP contribution in [-0.2, 0) is 4.79 Å². The van der Waals surface area contributed by atoms with Crippen molar-refractivity contribution in [3.8, 4) is 28.4 Å². The van der Waals surface area contributed by atoms with Crippen molar-refractivity contribution in [2.75, 3.05) is 26.6 Å². The number of methoxy groups -OCH3 is 3. The van der Waals surface area contributed by atoms with Crippen LogP contribution in [0.15, 0.2) is 60.8 Å². The summed E-state index contributed by atoms with van der Waals surface area (Å²) in [6, 6.07) is 14.4. The predicted molar refractivity (Wildman–Crippen MR) is 131 cm³/mol. The topological polar surface area (TPSA) is 113 Å². The van der Waals surface area contributed by atoms with Gasteiger partial charge in [-0.2, -0.15) is 0 Å². The molecule has 8 nitrogen and oxygen atoms in total. The van der Waals surface area contributed by atoms with Gasteiger partial charge in [0.05, 0.1) is 21.3 Å². The zero-order chi connectivity index (χ0) is 24.7. The molecule has 3 N–H and O–H groups in total. The molecule has 0 atom stereocenters. The van der Waals surface area contributed by atoms with E-state index in [1.807, 2.05) is 37.3 Å². The fourth-order valence-corrected chi connectivity index (χ4v) is 3.48. The Hall–Kier alpha value is -4.33. The molecule has 176 valence electrons. The summed E-state index contributed by atoms with van der Waals surface area (Å²) in [5, 5.41) is 2.79. The molecule has 1 aromatic heterocycles. The van der Waals surface area contributed by atoms with Crippen molar-refractivity contribution in [2.45, 2.75) is 13.3 Å². The molecule has 0 spiro atoms. The summed E-state index contributed by atoms with van der Waals surface area (Å²) >= 11 is 0. The maximum Gasteiger partial charge on any atom is 0.257 e. The van der Waals surface area contributed by atoms with Crippen LogP contribution in [0.2, 0.25) is 0 Å². The van der Waals surface area contributed by atoms with Gasteiger partial charge in [-0.25, -0.2) is 4.98 Å². The number of rotatable bonds is 6. The van der Waals surface area contributed by atoms with Gasteiger partial charge in [-0.15, -0.1) is 0 Å². The molecule has 8 heteroatoms. The second-order valence-electron chi connectivity index (χ2n) is 7.24. The zero-order valence-electron chi connectivity index (χ0n) is 19.5. The van der Waals surface area contributed by atoms with E-state index in [9.17, 15) is 9.59 Å². The Morgan fingerprint density at radius 2 is 1.65 bits per heavy atom. The number of hydrogen-bond acceptors (Lipinski definition) is 6. The van der Waals surface area contributed by atoms with E-state index in [-0.39, 0.29) is 11.8 Å². The first-order valence-corrected chi connectivity index (χ1v) is 10.6. The molecule has 0 unspecified atom stereocenters. The third-order valence-corrected chi connectivity index (χ3v) is 5.12. The van der Waals surface area contributed by atoms with Gasteiger partial charge in [0.2, 0.25) is 11.7 Å². The van der Waals surface area contributed by atoms with Crippen molar-refractivity contribution in [3.63, 3.8) is 0 Å². The minimum absolute atomic E-state index is 0.119. The minimum atomic E-state index is -0.379. The standard InChI is InChI=1S/C19H20N2O4.C7H7NO/c1-5-6-13-14-7-12(10-20-18(14)21-19(13)22)11-8-15(23-2)17(25-4)16(9-11)24-3;8-7(9)6-4-2-1-3-5-6/h6-10H,5H2,1-4H3,(H,20,21,22);1-5H,(H2,8,9)/b13-6-;. The number of anilines is 1. The van der Waals surface area contributed by atoms with Gasteiger partial charge in [0, 0.05) is 28.5 Å². The highest BCUT2D eigenvalue weighted by Gasteiger charge is 2.25. The first-order valence-electron chi connectivity index (χ1n) is 10.6. The third-order valence-electron chi connectivity index (χ3n) is 5.12. The average Bonchev–Trinajstić information content (AvgIpc) is 3.18. The van der Waals surface area contributed by atoms with E-state index in [2.05, 4.69) is 10.3 Å². The summed E-state index contributed by atoms with van der Waals surface area (Å²) < 4.78 is 16.2. The second kappa shape index (κ2) is 11.0. The number of carbonyl (C=O) groups is 2. The van der Waals surface area contributed by atoms with Crippen molar-refractivity contribution in [1.82, 2.24) is 4.98 Å². The summed E-state index contributed by atoms with van der Waals surface area (Å²) in [5.74, 6) is 1.75. The Kier molecular flexibility index (Phi) is 7.87. The molecule has 2 amide bonds. The van der Waals surface area contributed by atoms with Crippen molar-refractivity contribution < 1.29 is 23.8 Å². The lowest BCUT2D eigenvalue weighted by Crippen LogP contribution is -2.09. The van der Waals surface area contributed by atoms with E-state index >= 15 is 0 Å². The SMILES string of the molecule is CC/C=C1\C(=O)Nc2ncc(-c3cc(OC)c(OC)c(OC)c3)cc21.NC(=O)c1ccccc1. The Bertz CT molecular complexity index is 1200. The van der Waals surface area contributed by atoms with Crippen molar-refractivity contribution >= 4 is 23.2 Å². The number of nitrogens with two attached hydrogens (primary N) is 1. The van der Waals surface area contributed by atoms with Crippen LogP contribution in [-0.4, -0.2) is 38.1 Å². The third kappa shape index (κ3) is 5.17. The van der Waals surface area contributed by atoms with Crippen LogP contribution in [0, 0.1) is 0 Å². The lowest BCUT2D eigenvalue weighted by atomic mass is 10.0. The number of benzene rings is 2. The van der Waals surface area contributed by atoms with Gasteiger partial charge in [0.25, 0.3) is 5.91 Å². The highest BCUT2D eigenvalue weighted by molar-refractivity contribution is 6.31. The van der Waals surface area contributed by atoms with E-state index in [4.69, 9.17) is 19.9 Å². The normalized spacial score (nSPS) is 12.8. The van der Waals surface area contributed by atoms with Crippen molar-refractivity contribution in [3.05, 3.63) is 71.9 Å². The van der Waals surface area contributed by atoms with Gasteiger partial charge in [-0.1, -0.05) is 31.2 Å². The summed E-state index contributed by atoms with van der Waals surface area (Å²) in [4.78, 5) is 26.9. The number of carbonyl (C=O) groups excluding carboxylic acids is 2. The molecular formula is C26H27N3O5. The highest BCUT2D eigenvalue weighted by Crippen LogP contribution is 2.42. The molecule has 3 aromatic rings. The number of nitrogens with one attached hydrogen (secondary N) is 1. The zero-order valence-corrected chi connectivity index (χ0v) is 19.5. The fourth-order valence-electron chi connectivity index (χ4n) is 3.48. The van der Waals surface area contributed by atoms with Crippen molar-refractivity contribution in [2.24, 2.45) is 5.73 Å². The number of nitrogens with zero attached hydrogens (tertiary/aromatic N) is 1. The van der Waals surface area contributed by atoms with E-state index in [1.165, 1.54) is 0 Å². The highest BCUT2D eigenvalue weighted by atomic mass is 16.5. The summed E-state index contributed by atoms with van der Waals surface area (Å²) in [5.41, 5.74) is 8.70. The lowest BCUT2D eigenvalue weighted by molar-refractivity contribution is -0.110. The van der Waals surface area contributed by atoms with Crippen LogP contribution >= 0.6 is 0 Å². The van der Waals surface area contributed by atoms with Gasteiger partial charge < -0.3 is 25.3 Å². The second-order valence-corrected chi connectivity index (χ2v) is 7.24. The molecule has 1 aliphatic heterocycles. The predicted octanol–water partition coefficient (Wildman–Crippen LogP) is 4.31. The van der Waals surface area contributed by atoms with Crippen molar-refractivity contribution in [1.29, 1.82) is 0 Å². The first-order chi connectivity index (χ1) is 16.4. The smallest absolute Gasteiger partial charge is 0.257 e. The number of pyridine rings is 1. The monoisotopic (exact) mass is 461 g/mol. The summed E-state index contributed by atoms with van der Waals surface area (Å²) in [7, 11) is 4.72. The molecule has 4 rings (SSSR count). The van der Waals surface area contributed by atoms with E-state index in [0.29, 0.717) is 34.2 Å². The summed E-state index contributed by atoms with van der Waals surface area (Å²) in [6.45, 7) is 1.99. The molecule has 0 saturated heterocycles. The molecule has 0 fully saturated rings. The molecule has 0 radical (unpaired) electrons. The molecule has 0 aliphatic carbocycles. The van der Waals surface area contributed by atoms with Crippen LogP contribution < -0.4 is 25.3 Å². The molecule has 0 bridgehead atoms. The maximum atomic E-state index is 12.1. The van der Waals surface area contributed by atoms with Gasteiger partial charge in [-0.05, 0) is 42.3 Å². The van der Waals surface area contributed by atoms with E-state index in [1.54, 1.807) is 51.8 Å². The Morgan fingerprint density at radius 1 is 1.00 bits per heavy atom. The van der Waals surface area contributed by atoms with Gasteiger partial charge in [-0.3, -0.25) is 9.59 Å². The van der Waals surface area contributed by atoms with Gasteiger partial charge in [0.1, 0.15) is 5.82 Å². The number of fused-ring (bicyclic) bond motifs is 1. The average molecular weight is 462 g/mol. The number of allylic oxidation sites excluding steroid dienone is 1. The number of aromatic nitrogens is 1. The minimum Gasteiger partial charge on any atom is -0.493 e. The van der Waals surface area contributed by atoms with Crippen LogP contribution in [0.4, 0.5) is 5.82 Å². The summed E-state index contributed by atoms with van der Waals surface area (Å²) in [6.07, 6.45) is 4.40. The Morgan fingerprint density at radius 3 is 2.15 bits per heavy atom. The molecular weight excluding hydrogens is 434 g/mol. The van der Waals surface area contributed by atoms with Crippen LogP contribution in [0.1, 0.15) is 29.3 Å². The molecule has 0 saturated carbocycles. The quantitative estimate of drug-likeness (QED) is 0.529. The molecule has 34 heavy (non-hydrogen) atoms. The van der Waals surface area contributed by atoms with Gasteiger partial charge in [0.15, 0.2) is 11.5 Å².